The number of nitrogens with one attached hydrogen (secondary N) is 1. The fourth-order valence-electron chi connectivity index (χ4n) is 2.41. The quantitative estimate of drug-likeness (QED) is 0.501. The van der Waals surface area contributed by atoms with Crippen molar-refractivity contribution in [1.82, 2.24) is 4.90 Å². The summed E-state index contributed by atoms with van der Waals surface area (Å²) in [6, 6.07) is 1.75. The predicted molar refractivity (Wildman–Crippen MR) is 41.9 cm³/mol. The molecule has 2 unspecified atom stereocenters. The van der Waals surface area contributed by atoms with E-state index in [1.54, 1.807) is 0 Å². The Hall–Kier alpha value is -0.0800. The molecule has 58 valence electrons. The van der Waals surface area contributed by atoms with Crippen molar-refractivity contribution in [3.05, 3.63) is 5.73 Å². The average molecular weight is 139 g/mol. The van der Waals surface area contributed by atoms with Crippen molar-refractivity contribution in [2.24, 2.45) is 0 Å². The number of fused-ring (bicyclic) bond motifs is 2. The first-order valence-electron chi connectivity index (χ1n) is 4.20. The average Bonchev–Trinajstić information content (AvgIpc) is 2.20. The highest BCUT2D eigenvalue weighted by Gasteiger charge is 2.34. The van der Waals surface area contributed by atoms with Gasteiger partial charge in [-0.2, -0.15) is 0 Å². The second-order valence-corrected chi connectivity index (χ2v) is 3.72. The van der Waals surface area contributed by atoms with Crippen molar-refractivity contribution in [3.8, 4) is 0 Å². The molecule has 2 aliphatic heterocycles. The number of hydrogen-bond donors (Lipinski definition) is 0. The normalized spacial score (nSPS) is 48.0. The van der Waals surface area contributed by atoms with Crippen LogP contribution in [0.5, 0.6) is 0 Å². The number of piperidine rings is 1. The van der Waals surface area contributed by atoms with E-state index in [0.717, 1.165) is 24.9 Å². The van der Waals surface area contributed by atoms with Crippen molar-refractivity contribution in [2.75, 3.05) is 7.05 Å². The second kappa shape index (κ2) is 2.21. The fourth-order valence-corrected chi connectivity index (χ4v) is 2.41. The van der Waals surface area contributed by atoms with Crippen molar-refractivity contribution in [1.29, 1.82) is 0 Å². The maximum Gasteiger partial charge on any atom is 0.00818 e. The molecule has 2 nitrogen and oxygen atoms in total. The van der Waals surface area contributed by atoms with Gasteiger partial charge in [0.2, 0.25) is 0 Å². The molecule has 2 heteroatoms. The SMILES string of the molecule is CN1C2CCC1CC([NH-])C2. The summed E-state index contributed by atoms with van der Waals surface area (Å²) in [5.41, 5.74) is 7.64. The van der Waals surface area contributed by atoms with Gasteiger partial charge in [0.05, 0.1) is 0 Å². The van der Waals surface area contributed by atoms with Crippen molar-refractivity contribution in [2.45, 2.75) is 43.8 Å². The van der Waals surface area contributed by atoms with E-state index in [2.05, 4.69) is 11.9 Å². The van der Waals surface area contributed by atoms with Crippen LogP contribution in [0.1, 0.15) is 25.7 Å². The molecule has 0 saturated carbocycles. The van der Waals surface area contributed by atoms with Gasteiger partial charge in [-0.15, -0.1) is 6.04 Å². The van der Waals surface area contributed by atoms with Gasteiger partial charge in [-0.1, -0.05) is 12.8 Å². The third-order valence-corrected chi connectivity index (χ3v) is 3.10. The van der Waals surface area contributed by atoms with Gasteiger partial charge in [0.15, 0.2) is 0 Å². The zero-order chi connectivity index (χ0) is 7.14. The summed E-state index contributed by atoms with van der Waals surface area (Å²) in [6.07, 6.45) is 4.92. The lowest BCUT2D eigenvalue weighted by Crippen LogP contribution is -2.40. The Bertz CT molecular complexity index is 121. The van der Waals surface area contributed by atoms with E-state index in [1.807, 2.05) is 0 Å². The second-order valence-electron chi connectivity index (χ2n) is 3.72. The molecule has 2 rings (SSSR count). The standard InChI is InChI=1S/C8H15N2/c1-10-7-2-3-8(10)5-6(9)4-7/h6-9H,2-5H2,1H3/q-1. The zero-order valence-electron chi connectivity index (χ0n) is 6.51. The minimum atomic E-state index is 0.244. The molecule has 2 aliphatic rings. The van der Waals surface area contributed by atoms with Crippen molar-refractivity contribution in [3.63, 3.8) is 0 Å². The van der Waals surface area contributed by atoms with Crippen LogP contribution < -0.4 is 0 Å². The third-order valence-electron chi connectivity index (χ3n) is 3.10. The van der Waals surface area contributed by atoms with Gasteiger partial charge < -0.3 is 10.6 Å². The summed E-state index contributed by atoms with van der Waals surface area (Å²) in [5, 5.41) is 0. The molecule has 0 aliphatic carbocycles. The van der Waals surface area contributed by atoms with Crippen LogP contribution in [0.2, 0.25) is 0 Å². The lowest BCUT2D eigenvalue weighted by atomic mass is 9.99. The van der Waals surface area contributed by atoms with E-state index in [1.165, 1.54) is 12.8 Å². The van der Waals surface area contributed by atoms with Crippen LogP contribution in [0, 0.1) is 0 Å². The minimum Gasteiger partial charge on any atom is -0.675 e. The van der Waals surface area contributed by atoms with E-state index in [0.29, 0.717) is 0 Å². The lowest BCUT2D eigenvalue weighted by molar-refractivity contribution is 0.174. The Labute approximate surface area is 62.4 Å². The van der Waals surface area contributed by atoms with E-state index in [4.69, 9.17) is 5.73 Å². The summed E-state index contributed by atoms with van der Waals surface area (Å²) in [7, 11) is 2.22. The van der Waals surface area contributed by atoms with Gasteiger partial charge in [-0.3, -0.25) is 0 Å². The molecule has 1 N–H and O–H groups in total. The van der Waals surface area contributed by atoms with Crippen LogP contribution in [0.4, 0.5) is 0 Å². The molecule has 2 heterocycles. The molecule has 0 aromatic rings. The maximum absolute atomic E-state index is 7.64. The monoisotopic (exact) mass is 139 g/mol. The minimum absolute atomic E-state index is 0.244. The molecule has 0 radical (unpaired) electrons. The molecule has 10 heavy (non-hydrogen) atoms. The molecule has 0 amide bonds. The Morgan fingerprint density at radius 3 is 2.20 bits per heavy atom. The van der Waals surface area contributed by atoms with Crippen molar-refractivity contribution >= 4 is 0 Å². The van der Waals surface area contributed by atoms with E-state index in [9.17, 15) is 0 Å². The first kappa shape index (κ1) is 6.62. The molecule has 2 fully saturated rings. The van der Waals surface area contributed by atoms with Crippen LogP contribution in [-0.4, -0.2) is 30.1 Å². The van der Waals surface area contributed by atoms with E-state index in [-0.39, 0.29) is 6.04 Å². The summed E-state index contributed by atoms with van der Waals surface area (Å²) in [6.45, 7) is 0. The first-order valence-corrected chi connectivity index (χ1v) is 4.20. The van der Waals surface area contributed by atoms with Crippen LogP contribution in [0.25, 0.3) is 5.73 Å². The van der Waals surface area contributed by atoms with Gasteiger partial charge in [0.1, 0.15) is 0 Å². The van der Waals surface area contributed by atoms with Gasteiger partial charge in [0.25, 0.3) is 0 Å². The molecule has 2 bridgehead atoms. The largest absolute Gasteiger partial charge is 0.675 e. The Morgan fingerprint density at radius 2 is 1.70 bits per heavy atom. The van der Waals surface area contributed by atoms with Crippen LogP contribution in [0.3, 0.4) is 0 Å². The number of rotatable bonds is 0. The fraction of sp³-hybridized carbons (Fsp3) is 1.00. The van der Waals surface area contributed by atoms with Gasteiger partial charge in [-0.25, -0.2) is 0 Å². The van der Waals surface area contributed by atoms with Gasteiger partial charge >= 0.3 is 0 Å². The third kappa shape index (κ3) is 0.867. The smallest absolute Gasteiger partial charge is 0.00818 e. The summed E-state index contributed by atoms with van der Waals surface area (Å²) < 4.78 is 0. The number of hydrogen-bond acceptors (Lipinski definition) is 1. The highest BCUT2D eigenvalue weighted by Crippen LogP contribution is 2.34. The van der Waals surface area contributed by atoms with Gasteiger partial charge in [0, 0.05) is 12.1 Å². The van der Waals surface area contributed by atoms with Gasteiger partial charge in [-0.05, 0) is 19.9 Å². The highest BCUT2D eigenvalue weighted by atomic mass is 15.2. The lowest BCUT2D eigenvalue weighted by Gasteiger charge is -2.38. The summed E-state index contributed by atoms with van der Waals surface area (Å²) >= 11 is 0. The van der Waals surface area contributed by atoms with Crippen molar-refractivity contribution < 1.29 is 0 Å². The van der Waals surface area contributed by atoms with E-state index < -0.39 is 0 Å². The summed E-state index contributed by atoms with van der Waals surface area (Å²) in [4.78, 5) is 2.48. The molecule has 2 atom stereocenters. The van der Waals surface area contributed by atoms with E-state index >= 15 is 0 Å². The Morgan fingerprint density at radius 1 is 1.20 bits per heavy atom. The maximum atomic E-state index is 7.64. The highest BCUT2D eigenvalue weighted by molar-refractivity contribution is 4.98. The molecule has 2 saturated heterocycles. The Kier molecular flexibility index (Phi) is 1.46. The zero-order valence-corrected chi connectivity index (χ0v) is 6.51. The van der Waals surface area contributed by atoms with Crippen LogP contribution in [0.15, 0.2) is 0 Å². The van der Waals surface area contributed by atoms with Crippen LogP contribution in [-0.2, 0) is 0 Å². The molecular weight excluding hydrogens is 124 g/mol. The molecule has 0 aromatic heterocycles. The molecular formula is C8H15N2-. The summed E-state index contributed by atoms with van der Waals surface area (Å²) in [5.74, 6) is 0. The molecule has 0 spiro atoms. The topological polar surface area (TPSA) is 27.0 Å². The van der Waals surface area contributed by atoms with Crippen LogP contribution >= 0.6 is 0 Å². The Balaban J connectivity index is 2.09. The molecule has 0 aromatic carbocycles. The number of nitrogens with zero attached hydrogens (tertiary/aromatic N) is 1. The predicted octanol–water partition coefficient (Wildman–Crippen LogP) is 1.66. The first-order chi connectivity index (χ1) is 4.77.